The number of imidazole rings is 1. The number of nitrogens with one attached hydrogen (secondary N) is 1. The van der Waals surface area contributed by atoms with E-state index in [1.165, 1.54) is 0 Å². The molecule has 7 aromatic rings. The van der Waals surface area contributed by atoms with E-state index in [1.54, 1.807) is 41.2 Å². The number of aromatic nitrogens is 6. The number of carbonyl (C=O) groups excluding carboxylic acids is 2. The molecule has 0 aliphatic heterocycles. The topological polar surface area (TPSA) is 160 Å². The molecule has 4 heterocycles. The lowest BCUT2D eigenvalue weighted by Gasteiger charge is -2.12. The van der Waals surface area contributed by atoms with Gasteiger partial charge in [-0.05, 0) is 79.2 Å². The lowest BCUT2D eigenvalue weighted by molar-refractivity contribution is 0.0949. The minimum Gasteiger partial charge on any atom is -0.383 e. The number of aryl methyl sites for hydroxylation is 1. The van der Waals surface area contributed by atoms with Gasteiger partial charge >= 0.3 is 0 Å². The maximum atomic E-state index is 13.0. The van der Waals surface area contributed by atoms with Crippen LogP contribution < -0.4 is 16.8 Å². The number of pyridine rings is 2. The van der Waals surface area contributed by atoms with Gasteiger partial charge in [-0.15, -0.1) is 0 Å². The summed E-state index contributed by atoms with van der Waals surface area (Å²) >= 11 is 0. The molecule has 4 aromatic heterocycles. The zero-order valence-electron chi connectivity index (χ0n) is 25.3. The fourth-order valence-corrected chi connectivity index (χ4v) is 5.42. The van der Waals surface area contributed by atoms with Gasteiger partial charge in [0, 0.05) is 35.2 Å². The molecule has 0 radical (unpaired) electrons. The second kappa shape index (κ2) is 12.1. The summed E-state index contributed by atoms with van der Waals surface area (Å²) in [6, 6.07) is 34.1. The Balaban J connectivity index is 1.14. The Morgan fingerprint density at radius 3 is 2.28 bits per heavy atom. The number of carbonyl (C=O) groups is 2. The number of benzene rings is 3. The number of nitrogen functional groups attached to an aromatic ring is 1. The van der Waals surface area contributed by atoms with E-state index in [0.717, 1.165) is 33.7 Å². The summed E-state index contributed by atoms with van der Waals surface area (Å²) in [4.78, 5) is 38.7. The Morgan fingerprint density at radius 2 is 1.57 bits per heavy atom. The molecule has 3 aromatic carbocycles. The predicted molar refractivity (Wildman–Crippen MR) is 180 cm³/mol. The Hall–Kier alpha value is -6.62. The first-order valence-corrected chi connectivity index (χ1v) is 14.9. The van der Waals surface area contributed by atoms with Crippen LogP contribution in [-0.2, 0) is 6.54 Å². The number of rotatable bonds is 8. The van der Waals surface area contributed by atoms with Crippen molar-refractivity contribution in [1.29, 1.82) is 0 Å². The average molecular weight is 620 g/mol. The molecule has 0 unspecified atom stereocenters. The van der Waals surface area contributed by atoms with Gasteiger partial charge in [0.15, 0.2) is 17.2 Å². The van der Waals surface area contributed by atoms with E-state index in [4.69, 9.17) is 21.4 Å². The first-order valence-electron chi connectivity index (χ1n) is 14.9. The Kier molecular flexibility index (Phi) is 7.46. The maximum absolute atomic E-state index is 13.0. The molecule has 0 spiro atoms. The largest absolute Gasteiger partial charge is 0.383 e. The van der Waals surface area contributed by atoms with Crippen LogP contribution in [0.4, 0.5) is 5.82 Å². The smallest absolute Gasteiger partial charge is 0.269 e. The minimum atomic E-state index is -0.596. The summed E-state index contributed by atoms with van der Waals surface area (Å²) in [5, 5.41) is 7.22. The summed E-state index contributed by atoms with van der Waals surface area (Å²) in [7, 11) is 0. The molecule has 0 aliphatic carbocycles. The van der Waals surface area contributed by atoms with Crippen molar-refractivity contribution in [3.8, 4) is 34.0 Å². The highest BCUT2D eigenvalue weighted by atomic mass is 16.2. The van der Waals surface area contributed by atoms with Crippen LogP contribution in [0, 0.1) is 6.92 Å². The monoisotopic (exact) mass is 619 g/mol. The standard InChI is InChI=1S/C36H29N9O2/c1-22-20-31(33(38)46)43-45(22)27-15-11-25(12-16-27)36(47)40-21-23-9-13-26(14-10-23)44-34(28-8-5-19-39-32(28)37)42-30-18-17-29(41-35(30)44)24-6-3-2-4-7-24/h2-20H,21H2,1H3,(H2,37,39)(H2,38,46)(H,40,47). The van der Waals surface area contributed by atoms with Crippen molar-refractivity contribution in [2.24, 2.45) is 5.73 Å². The summed E-state index contributed by atoms with van der Waals surface area (Å²) in [6.45, 7) is 2.15. The molecule has 0 saturated carbocycles. The van der Waals surface area contributed by atoms with Gasteiger partial charge in [-0.2, -0.15) is 5.10 Å². The predicted octanol–water partition coefficient (Wildman–Crippen LogP) is 5.25. The van der Waals surface area contributed by atoms with E-state index in [9.17, 15) is 9.59 Å². The molecule has 11 heteroatoms. The molecule has 0 saturated heterocycles. The van der Waals surface area contributed by atoms with E-state index >= 15 is 0 Å². The van der Waals surface area contributed by atoms with Crippen molar-refractivity contribution in [2.45, 2.75) is 13.5 Å². The maximum Gasteiger partial charge on any atom is 0.269 e. The molecule has 5 N–H and O–H groups in total. The SMILES string of the molecule is Cc1cc(C(N)=O)nn1-c1ccc(C(=O)NCc2ccc(-n3c(-c4cccnc4N)nc4ccc(-c5ccccc5)nc43)cc2)cc1. The lowest BCUT2D eigenvalue weighted by atomic mass is 10.1. The van der Waals surface area contributed by atoms with Gasteiger partial charge < -0.3 is 16.8 Å². The quantitative estimate of drug-likeness (QED) is 0.209. The fraction of sp³-hybridized carbons (Fsp3) is 0.0556. The molecule has 230 valence electrons. The second-order valence-corrected chi connectivity index (χ2v) is 11.0. The third-order valence-electron chi connectivity index (χ3n) is 7.82. The van der Waals surface area contributed by atoms with Crippen molar-refractivity contribution in [1.82, 2.24) is 34.6 Å². The van der Waals surface area contributed by atoms with Crippen LogP contribution >= 0.6 is 0 Å². The molecule has 7 rings (SSSR count). The van der Waals surface area contributed by atoms with Crippen LogP contribution in [-0.4, -0.2) is 41.1 Å². The third kappa shape index (κ3) is 5.69. The first kappa shape index (κ1) is 29.1. The lowest BCUT2D eigenvalue weighted by Crippen LogP contribution is -2.22. The fourth-order valence-electron chi connectivity index (χ4n) is 5.42. The number of nitrogens with zero attached hydrogens (tertiary/aromatic N) is 6. The Labute approximate surface area is 269 Å². The normalized spacial score (nSPS) is 11.1. The van der Waals surface area contributed by atoms with Crippen molar-refractivity contribution < 1.29 is 9.59 Å². The molecular weight excluding hydrogens is 590 g/mol. The van der Waals surface area contributed by atoms with Gasteiger partial charge in [0.2, 0.25) is 0 Å². The summed E-state index contributed by atoms with van der Waals surface area (Å²) in [5.41, 5.74) is 19.5. The number of hydrogen-bond donors (Lipinski definition) is 3. The zero-order chi connectivity index (χ0) is 32.5. The first-order chi connectivity index (χ1) is 22.9. The Bertz CT molecular complexity index is 2260. The van der Waals surface area contributed by atoms with E-state index in [1.807, 2.05) is 90.4 Å². The van der Waals surface area contributed by atoms with Crippen LogP contribution in [0.5, 0.6) is 0 Å². The van der Waals surface area contributed by atoms with Crippen molar-refractivity contribution >= 4 is 28.8 Å². The molecule has 0 bridgehead atoms. The summed E-state index contributed by atoms with van der Waals surface area (Å²) in [5.74, 6) is 0.184. The number of amides is 2. The van der Waals surface area contributed by atoms with Gasteiger partial charge in [-0.3, -0.25) is 14.2 Å². The second-order valence-electron chi connectivity index (χ2n) is 11.0. The van der Waals surface area contributed by atoms with Gasteiger partial charge in [0.05, 0.1) is 16.9 Å². The van der Waals surface area contributed by atoms with Crippen LogP contribution in [0.2, 0.25) is 0 Å². The highest BCUT2D eigenvalue weighted by Gasteiger charge is 2.19. The summed E-state index contributed by atoms with van der Waals surface area (Å²) < 4.78 is 3.59. The molecule has 0 aliphatic rings. The number of nitrogens with two attached hydrogens (primary N) is 2. The molecular formula is C36H29N9O2. The molecule has 0 atom stereocenters. The molecule has 2 amide bonds. The van der Waals surface area contributed by atoms with Gasteiger partial charge in [-0.25, -0.2) is 19.6 Å². The molecule has 47 heavy (non-hydrogen) atoms. The number of anilines is 1. The van der Waals surface area contributed by atoms with Crippen LogP contribution in [0.3, 0.4) is 0 Å². The van der Waals surface area contributed by atoms with E-state index < -0.39 is 5.91 Å². The van der Waals surface area contributed by atoms with Crippen molar-refractivity contribution in [3.63, 3.8) is 0 Å². The molecule has 0 fully saturated rings. The van der Waals surface area contributed by atoms with E-state index in [2.05, 4.69) is 15.4 Å². The zero-order valence-corrected chi connectivity index (χ0v) is 25.3. The number of fused-ring (bicyclic) bond motifs is 1. The number of hydrogen-bond acceptors (Lipinski definition) is 7. The van der Waals surface area contributed by atoms with Gasteiger partial charge in [-0.1, -0.05) is 42.5 Å². The van der Waals surface area contributed by atoms with E-state index in [-0.39, 0.29) is 11.6 Å². The van der Waals surface area contributed by atoms with Crippen LogP contribution in [0.15, 0.2) is 115 Å². The van der Waals surface area contributed by atoms with Gasteiger partial charge in [0.1, 0.15) is 11.3 Å². The highest BCUT2D eigenvalue weighted by molar-refractivity contribution is 5.94. The van der Waals surface area contributed by atoms with Crippen molar-refractivity contribution in [3.05, 3.63) is 138 Å². The van der Waals surface area contributed by atoms with Crippen molar-refractivity contribution in [2.75, 3.05) is 5.73 Å². The van der Waals surface area contributed by atoms with Gasteiger partial charge in [0.25, 0.3) is 11.8 Å². The highest BCUT2D eigenvalue weighted by Crippen LogP contribution is 2.31. The Morgan fingerprint density at radius 1 is 0.830 bits per heavy atom. The minimum absolute atomic E-state index is 0.183. The number of primary amides is 1. The molecule has 11 nitrogen and oxygen atoms in total. The summed E-state index contributed by atoms with van der Waals surface area (Å²) in [6.07, 6.45) is 1.65. The van der Waals surface area contributed by atoms with E-state index in [0.29, 0.717) is 40.6 Å². The average Bonchev–Trinajstić information content (AvgIpc) is 3.68. The third-order valence-corrected chi connectivity index (χ3v) is 7.82. The van der Waals surface area contributed by atoms with Crippen LogP contribution in [0.1, 0.15) is 32.1 Å². The van der Waals surface area contributed by atoms with Crippen LogP contribution in [0.25, 0.3) is 45.2 Å².